The van der Waals surface area contributed by atoms with E-state index in [9.17, 15) is 0 Å². The largest absolute Gasteiger partial charge is 0.361 e. The van der Waals surface area contributed by atoms with E-state index in [0.717, 1.165) is 39.3 Å². The van der Waals surface area contributed by atoms with Crippen LogP contribution in [0.25, 0.3) is 22.0 Å². The Morgan fingerprint density at radius 2 is 1.47 bits per heavy atom. The molecule has 0 saturated carbocycles. The van der Waals surface area contributed by atoms with Crippen molar-refractivity contribution in [3.8, 4) is 11.1 Å². The molecule has 1 saturated heterocycles. The number of H-pyrrole nitrogens is 1. The summed E-state index contributed by atoms with van der Waals surface area (Å²) in [4.78, 5) is 11.2. The lowest BCUT2D eigenvalue weighted by atomic mass is 9.84. The smallest absolute Gasteiger partial charge is 0.0823 e. The summed E-state index contributed by atoms with van der Waals surface area (Å²) in [6.07, 6.45) is 2.23. The molecule has 3 heterocycles. The van der Waals surface area contributed by atoms with Gasteiger partial charge in [-0.3, -0.25) is 4.90 Å². The number of fused-ring (bicyclic) bond motifs is 4. The standard InChI is InChI=1S/C28H30N4/c1-30-14-16-31(17-15-30)18-19-32-27-13-7-5-10-23(27)21-8-2-3-11-24(21)28(32)25-20-29-26-12-6-4-9-22(25)26/h2-13,20,28-29H,14-19H2,1H3. The maximum absolute atomic E-state index is 3.53. The van der Waals surface area contributed by atoms with E-state index in [-0.39, 0.29) is 6.04 Å². The Balaban J connectivity index is 1.45. The fraction of sp³-hybridized carbons (Fsp3) is 0.286. The van der Waals surface area contributed by atoms with Crippen molar-refractivity contribution in [3.63, 3.8) is 0 Å². The van der Waals surface area contributed by atoms with E-state index in [0.29, 0.717) is 0 Å². The fourth-order valence-corrected chi connectivity index (χ4v) is 5.47. The van der Waals surface area contributed by atoms with Crippen molar-refractivity contribution in [2.45, 2.75) is 6.04 Å². The highest BCUT2D eigenvalue weighted by molar-refractivity contribution is 5.90. The number of likely N-dealkylation sites (N-methyl/N-ethyl adjacent to an activating group) is 1. The molecular weight excluding hydrogens is 392 g/mol. The van der Waals surface area contributed by atoms with Crippen LogP contribution >= 0.6 is 0 Å². The lowest BCUT2D eigenvalue weighted by Crippen LogP contribution is -2.47. The molecule has 6 rings (SSSR count). The first kappa shape index (κ1) is 19.6. The quantitative estimate of drug-likeness (QED) is 0.502. The topological polar surface area (TPSA) is 25.5 Å². The number of hydrogen-bond donors (Lipinski definition) is 1. The number of aromatic amines is 1. The minimum atomic E-state index is 0.199. The number of aromatic nitrogens is 1. The van der Waals surface area contributed by atoms with Crippen molar-refractivity contribution in [2.75, 3.05) is 51.2 Å². The van der Waals surface area contributed by atoms with Gasteiger partial charge in [-0.25, -0.2) is 0 Å². The van der Waals surface area contributed by atoms with Gasteiger partial charge in [0.25, 0.3) is 0 Å². The van der Waals surface area contributed by atoms with Crippen LogP contribution in [-0.4, -0.2) is 61.1 Å². The molecule has 4 aromatic rings. The highest BCUT2D eigenvalue weighted by atomic mass is 15.3. The van der Waals surface area contributed by atoms with Crippen LogP contribution in [0.4, 0.5) is 5.69 Å². The van der Waals surface area contributed by atoms with Crippen LogP contribution in [0.1, 0.15) is 17.2 Å². The first-order chi connectivity index (χ1) is 15.8. The second-order valence-electron chi connectivity index (χ2n) is 9.13. The van der Waals surface area contributed by atoms with E-state index in [4.69, 9.17) is 0 Å². The van der Waals surface area contributed by atoms with Gasteiger partial charge in [0.15, 0.2) is 0 Å². The Kier molecular flexibility index (Phi) is 4.97. The fourth-order valence-electron chi connectivity index (χ4n) is 5.47. The van der Waals surface area contributed by atoms with Gasteiger partial charge in [0.2, 0.25) is 0 Å². The van der Waals surface area contributed by atoms with E-state index < -0.39 is 0 Å². The maximum Gasteiger partial charge on any atom is 0.0823 e. The van der Waals surface area contributed by atoms with Crippen molar-refractivity contribution in [3.05, 3.63) is 90.1 Å². The molecule has 2 aliphatic rings. The maximum atomic E-state index is 3.53. The number of piperazine rings is 1. The first-order valence-electron chi connectivity index (χ1n) is 11.7. The molecule has 0 aliphatic carbocycles. The van der Waals surface area contributed by atoms with Crippen molar-refractivity contribution in [1.82, 2.24) is 14.8 Å². The normalized spacial score (nSPS) is 19.2. The van der Waals surface area contributed by atoms with E-state index in [1.165, 1.54) is 38.8 Å². The highest BCUT2D eigenvalue weighted by Gasteiger charge is 2.33. The summed E-state index contributed by atoms with van der Waals surface area (Å²) < 4.78 is 0. The SMILES string of the molecule is CN1CCN(CCN2c3ccccc3-c3ccccc3C2c2c[nH]c3ccccc23)CC1. The van der Waals surface area contributed by atoms with Gasteiger partial charge in [0, 0.05) is 73.2 Å². The summed E-state index contributed by atoms with van der Waals surface area (Å²) in [5, 5.41) is 1.32. The summed E-state index contributed by atoms with van der Waals surface area (Å²) >= 11 is 0. The summed E-state index contributed by atoms with van der Waals surface area (Å²) in [5.41, 5.74) is 8.01. The molecule has 3 aromatic carbocycles. The molecule has 1 atom stereocenters. The van der Waals surface area contributed by atoms with E-state index in [2.05, 4.69) is 106 Å². The molecule has 0 amide bonds. The minimum absolute atomic E-state index is 0.199. The average molecular weight is 423 g/mol. The Morgan fingerprint density at radius 1 is 0.750 bits per heavy atom. The Hall–Kier alpha value is -3.08. The summed E-state index contributed by atoms with van der Waals surface area (Å²) in [7, 11) is 2.22. The highest BCUT2D eigenvalue weighted by Crippen LogP contribution is 2.48. The Bertz CT molecular complexity index is 1230. The van der Waals surface area contributed by atoms with Gasteiger partial charge in [-0.15, -0.1) is 0 Å². The molecular formula is C28H30N4. The Labute approximate surface area is 190 Å². The molecule has 0 radical (unpaired) electrons. The third kappa shape index (κ3) is 3.31. The molecule has 4 nitrogen and oxygen atoms in total. The lowest BCUT2D eigenvalue weighted by Gasteiger charge is -2.42. The molecule has 2 aliphatic heterocycles. The predicted molar refractivity (Wildman–Crippen MR) is 133 cm³/mol. The zero-order valence-electron chi connectivity index (χ0n) is 18.7. The number of rotatable bonds is 4. The van der Waals surface area contributed by atoms with Crippen molar-refractivity contribution in [1.29, 1.82) is 0 Å². The zero-order chi connectivity index (χ0) is 21.5. The average Bonchev–Trinajstić information content (AvgIpc) is 3.27. The summed E-state index contributed by atoms with van der Waals surface area (Å²) in [5.74, 6) is 0. The van der Waals surface area contributed by atoms with E-state index >= 15 is 0 Å². The van der Waals surface area contributed by atoms with Crippen molar-refractivity contribution in [2.24, 2.45) is 0 Å². The van der Waals surface area contributed by atoms with Crippen LogP contribution in [0.3, 0.4) is 0 Å². The van der Waals surface area contributed by atoms with Crippen LogP contribution < -0.4 is 4.90 Å². The molecule has 1 fully saturated rings. The van der Waals surface area contributed by atoms with E-state index in [1.807, 2.05) is 0 Å². The monoisotopic (exact) mass is 422 g/mol. The van der Waals surface area contributed by atoms with Crippen molar-refractivity contribution >= 4 is 16.6 Å². The molecule has 32 heavy (non-hydrogen) atoms. The van der Waals surface area contributed by atoms with Crippen LogP contribution in [-0.2, 0) is 0 Å². The van der Waals surface area contributed by atoms with Gasteiger partial charge in [-0.05, 0) is 30.3 Å². The number of nitrogens with zero attached hydrogens (tertiary/aromatic N) is 3. The third-order valence-electron chi connectivity index (χ3n) is 7.24. The molecule has 0 bridgehead atoms. The molecule has 162 valence electrons. The molecule has 1 unspecified atom stereocenters. The molecule has 1 N–H and O–H groups in total. The molecule has 4 heteroatoms. The van der Waals surface area contributed by atoms with Gasteiger partial charge in [-0.2, -0.15) is 0 Å². The number of para-hydroxylation sites is 2. The van der Waals surface area contributed by atoms with Gasteiger partial charge in [-0.1, -0.05) is 60.7 Å². The van der Waals surface area contributed by atoms with Gasteiger partial charge in [0.05, 0.1) is 6.04 Å². The first-order valence-corrected chi connectivity index (χ1v) is 11.7. The van der Waals surface area contributed by atoms with E-state index in [1.54, 1.807) is 0 Å². The van der Waals surface area contributed by atoms with Gasteiger partial charge >= 0.3 is 0 Å². The number of anilines is 1. The van der Waals surface area contributed by atoms with Gasteiger partial charge in [0.1, 0.15) is 0 Å². The van der Waals surface area contributed by atoms with Crippen LogP contribution in [0.15, 0.2) is 79.0 Å². The second kappa shape index (κ2) is 8.12. The number of nitrogens with one attached hydrogen (secondary N) is 1. The van der Waals surface area contributed by atoms with Gasteiger partial charge < -0.3 is 14.8 Å². The summed E-state index contributed by atoms with van der Waals surface area (Å²) in [6.45, 7) is 6.72. The predicted octanol–water partition coefficient (Wildman–Crippen LogP) is 4.99. The van der Waals surface area contributed by atoms with Crippen LogP contribution in [0.5, 0.6) is 0 Å². The summed E-state index contributed by atoms with van der Waals surface area (Å²) in [6, 6.07) is 26.8. The molecule has 0 spiro atoms. The minimum Gasteiger partial charge on any atom is -0.361 e. The zero-order valence-corrected chi connectivity index (χ0v) is 18.7. The lowest BCUT2D eigenvalue weighted by molar-refractivity contribution is 0.156. The Morgan fingerprint density at radius 3 is 2.34 bits per heavy atom. The molecule has 1 aromatic heterocycles. The number of benzene rings is 3. The second-order valence-corrected chi connectivity index (χ2v) is 9.13. The van der Waals surface area contributed by atoms with Crippen LogP contribution in [0.2, 0.25) is 0 Å². The number of hydrogen-bond acceptors (Lipinski definition) is 3. The van der Waals surface area contributed by atoms with Crippen molar-refractivity contribution < 1.29 is 0 Å². The third-order valence-corrected chi connectivity index (χ3v) is 7.24. The van der Waals surface area contributed by atoms with Crippen LogP contribution in [0, 0.1) is 0 Å².